The van der Waals surface area contributed by atoms with Gasteiger partial charge in [0, 0.05) is 5.41 Å². The molecule has 0 heterocycles. The summed E-state index contributed by atoms with van der Waals surface area (Å²) in [5.41, 5.74) is 0.163. The van der Waals surface area contributed by atoms with Crippen LogP contribution in [0.2, 0.25) is 0 Å². The number of hydrogen-bond donors (Lipinski definition) is 1. The maximum atomic E-state index is 8.63. The SMILES string of the molecule is CC(C)(C)C(C)(COO)C(C)(C)C. The third kappa shape index (κ3) is 2.44. The van der Waals surface area contributed by atoms with E-state index in [1.54, 1.807) is 0 Å². The van der Waals surface area contributed by atoms with Crippen molar-refractivity contribution in [3.05, 3.63) is 0 Å². The Kier molecular flexibility index (Phi) is 3.56. The molecule has 0 aromatic carbocycles. The van der Waals surface area contributed by atoms with Crippen molar-refractivity contribution in [1.82, 2.24) is 0 Å². The first-order chi connectivity index (χ1) is 5.56. The van der Waals surface area contributed by atoms with Gasteiger partial charge >= 0.3 is 0 Å². The molecule has 2 nitrogen and oxygen atoms in total. The topological polar surface area (TPSA) is 29.5 Å². The van der Waals surface area contributed by atoms with Crippen LogP contribution in [0.4, 0.5) is 0 Å². The Hall–Kier alpha value is -0.0800. The lowest BCUT2D eigenvalue weighted by molar-refractivity contribution is -0.282. The van der Waals surface area contributed by atoms with E-state index >= 15 is 0 Å². The molecule has 0 aliphatic rings. The van der Waals surface area contributed by atoms with Crippen LogP contribution in [-0.4, -0.2) is 11.9 Å². The first kappa shape index (κ1) is 12.9. The van der Waals surface area contributed by atoms with Gasteiger partial charge in [-0.1, -0.05) is 48.5 Å². The Morgan fingerprint density at radius 3 is 1.23 bits per heavy atom. The van der Waals surface area contributed by atoms with E-state index in [1.807, 2.05) is 0 Å². The highest BCUT2D eigenvalue weighted by Crippen LogP contribution is 2.51. The first-order valence-electron chi connectivity index (χ1n) is 4.82. The van der Waals surface area contributed by atoms with E-state index < -0.39 is 0 Å². The fourth-order valence-corrected chi connectivity index (χ4v) is 1.69. The molecule has 13 heavy (non-hydrogen) atoms. The van der Waals surface area contributed by atoms with E-state index in [1.165, 1.54) is 0 Å². The molecule has 0 spiro atoms. The second-order valence-electron chi connectivity index (χ2n) is 6.11. The largest absolute Gasteiger partial charge is 0.252 e. The molecule has 0 amide bonds. The zero-order chi connectivity index (χ0) is 10.9. The van der Waals surface area contributed by atoms with Crippen LogP contribution in [0, 0.1) is 16.2 Å². The number of hydrogen-bond acceptors (Lipinski definition) is 2. The van der Waals surface area contributed by atoms with E-state index in [2.05, 4.69) is 53.4 Å². The van der Waals surface area contributed by atoms with Crippen LogP contribution in [0.3, 0.4) is 0 Å². The first-order valence-corrected chi connectivity index (χ1v) is 4.82. The van der Waals surface area contributed by atoms with Gasteiger partial charge < -0.3 is 0 Å². The van der Waals surface area contributed by atoms with E-state index in [9.17, 15) is 0 Å². The van der Waals surface area contributed by atoms with Crippen LogP contribution in [-0.2, 0) is 4.89 Å². The lowest BCUT2D eigenvalue weighted by Crippen LogP contribution is -2.47. The Morgan fingerprint density at radius 1 is 0.846 bits per heavy atom. The Labute approximate surface area is 82.2 Å². The lowest BCUT2D eigenvalue weighted by Gasteiger charge is -2.50. The van der Waals surface area contributed by atoms with Crippen LogP contribution in [0.5, 0.6) is 0 Å². The quantitative estimate of drug-likeness (QED) is 0.530. The van der Waals surface area contributed by atoms with Gasteiger partial charge in [0.15, 0.2) is 0 Å². The highest BCUT2D eigenvalue weighted by molar-refractivity contribution is 4.94. The van der Waals surface area contributed by atoms with Crippen LogP contribution in [0.25, 0.3) is 0 Å². The summed E-state index contributed by atoms with van der Waals surface area (Å²) in [6.45, 7) is 15.6. The summed E-state index contributed by atoms with van der Waals surface area (Å²) >= 11 is 0. The van der Waals surface area contributed by atoms with Crippen molar-refractivity contribution in [1.29, 1.82) is 0 Å². The zero-order valence-electron chi connectivity index (χ0n) is 10.1. The van der Waals surface area contributed by atoms with Gasteiger partial charge in [0.25, 0.3) is 0 Å². The molecule has 1 N–H and O–H groups in total. The maximum absolute atomic E-state index is 8.63. The van der Waals surface area contributed by atoms with Crippen molar-refractivity contribution in [2.75, 3.05) is 6.61 Å². The maximum Gasteiger partial charge on any atom is 0.0883 e. The third-order valence-electron chi connectivity index (χ3n) is 3.66. The van der Waals surface area contributed by atoms with Gasteiger partial charge in [-0.05, 0) is 10.8 Å². The molecule has 0 atom stereocenters. The van der Waals surface area contributed by atoms with E-state index in [-0.39, 0.29) is 16.2 Å². The zero-order valence-corrected chi connectivity index (χ0v) is 10.1. The Bertz CT molecular complexity index is 146. The van der Waals surface area contributed by atoms with Gasteiger partial charge in [-0.15, -0.1) is 0 Å². The van der Waals surface area contributed by atoms with E-state index in [0.29, 0.717) is 6.61 Å². The molecule has 0 aliphatic heterocycles. The van der Waals surface area contributed by atoms with Crippen LogP contribution >= 0.6 is 0 Å². The van der Waals surface area contributed by atoms with Gasteiger partial charge in [-0.2, -0.15) is 0 Å². The minimum Gasteiger partial charge on any atom is -0.252 e. The normalized spacial score (nSPS) is 14.8. The average Bonchev–Trinajstić information content (AvgIpc) is 1.82. The molecule has 80 valence electrons. The molecule has 0 fully saturated rings. The highest BCUT2D eigenvalue weighted by Gasteiger charge is 2.46. The Balaban J connectivity index is 4.96. The van der Waals surface area contributed by atoms with Crippen LogP contribution in [0.15, 0.2) is 0 Å². The molecule has 0 radical (unpaired) electrons. The van der Waals surface area contributed by atoms with Crippen LogP contribution < -0.4 is 0 Å². The van der Waals surface area contributed by atoms with Crippen LogP contribution in [0.1, 0.15) is 48.5 Å². The molecule has 0 aromatic rings. The lowest BCUT2D eigenvalue weighted by atomic mass is 9.55. The third-order valence-corrected chi connectivity index (χ3v) is 3.66. The molecule has 0 rings (SSSR count). The molecule has 0 saturated heterocycles. The molecule has 0 unspecified atom stereocenters. The molecule has 0 saturated carbocycles. The predicted molar refractivity (Wildman–Crippen MR) is 55.6 cm³/mol. The van der Waals surface area contributed by atoms with Crippen molar-refractivity contribution >= 4 is 0 Å². The predicted octanol–water partition coefficient (Wildman–Crippen LogP) is 3.57. The second-order valence-corrected chi connectivity index (χ2v) is 6.11. The summed E-state index contributed by atoms with van der Waals surface area (Å²) < 4.78 is 0. The van der Waals surface area contributed by atoms with Crippen molar-refractivity contribution in [2.24, 2.45) is 16.2 Å². The van der Waals surface area contributed by atoms with Gasteiger partial charge in [-0.25, -0.2) is 4.89 Å². The molecule has 0 bridgehead atoms. The summed E-state index contributed by atoms with van der Waals surface area (Å²) in [7, 11) is 0. The minimum absolute atomic E-state index is 0.0469. The van der Waals surface area contributed by atoms with Gasteiger partial charge in [0.05, 0.1) is 6.61 Å². The van der Waals surface area contributed by atoms with Crippen molar-refractivity contribution in [3.63, 3.8) is 0 Å². The smallest absolute Gasteiger partial charge is 0.0883 e. The molecule has 2 heteroatoms. The monoisotopic (exact) mass is 188 g/mol. The van der Waals surface area contributed by atoms with Crippen molar-refractivity contribution in [3.8, 4) is 0 Å². The molecule has 0 aliphatic carbocycles. The van der Waals surface area contributed by atoms with Gasteiger partial charge in [0.2, 0.25) is 0 Å². The fraction of sp³-hybridized carbons (Fsp3) is 1.00. The van der Waals surface area contributed by atoms with Gasteiger partial charge in [-0.3, -0.25) is 5.26 Å². The summed E-state index contributed by atoms with van der Waals surface area (Å²) in [6, 6.07) is 0. The Morgan fingerprint density at radius 2 is 1.15 bits per heavy atom. The molecule has 0 aromatic heterocycles. The fourth-order valence-electron chi connectivity index (χ4n) is 1.69. The van der Waals surface area contributed by atoms with Crippen molar-refractivity contribution < 1.29 is 10.1 Å². The summed E-state index contributed by atoms with van der Waals surface area (Å²) in [6.07, 6.45) is 0. The minimum atomic E-state index is -0.0469. The van der Waals surface area contributed by atoms with E-state index in [4.69, 9.17) is 5.26 Å². The second kappa shape index (κ2) is 3.58. The summed E-state index contributed by atoms with van der Waals surface area (Å²) in [5, 5.41) is 8.63. The van der Waals surface area contributed by atoms with Crippen molar-refractivity contribution in [2.45, 2.75) is 48.5 Å². The number of rotatable bonds is 2. The van der Waals surface area contributed by atoms with E-state index in [0.717, 1.165) is 0 Å². The summed E-state index contributed by atoms with van der Waals surface area (Å²) in [4.78, 5) is 4.36. The average molecular weight is 188 g/mol. The summed E-state index contributed by atoms with van der Waals surface area (Å²) in [5.74, 6) is 0. The molecular weight excluding hydrogens is 164 g/mol. The standard InChI is InChI=1S/C11H24O2/c1-9(2,3)11(7,8-13-12)10(4,5)6/h12H,8H2,1-7H3. The van der Waals surface area contributed by atoms with Gasteiger partial charge in [0.1, 0.15) is 0 Å². The molecular formula is C11H24O2. The highest BCUT2D eigenvalue weighted by atomic mass is 17.1.